The second-order valence-corrected chi connectivity index (χ2v) is 6.05. The first-order chi connectivity index (χ1) is 11.2. The summed E-state index contributed by atoms with van der Waals surface area (Å²) in [5, 5.41) is 6.15. The SMILES string of the molecule is CCc1nn(C)c2c1C1CN(C2)C(=O)N1OCc1ccccc1. The van der Waals surface area contributed by atoms with E-state index in [1.165, 1.54) is 5.56 Å². The molecule has 0 saturated carbocycles. The number of carbonyl (C=O) groups excluding carboxylic acids is 1. The number of amides is 2. The number of hydroxylamine groups is 2. The molecule has 6 heteroatoms. The molecule has 1 atom stereocenters. The lowest BCUT2D eigenvalue weighted by Crippen LogP contribution is -2.30. The molecule has 1 saturated heterocycles. The van der Waals surface area contributed by atoms with E-state index in [0.717, 1.165) is 23.4 Å². The lowest BCUT2D eigenvalue weighted by atomic mass is 10.00. The van der Waals surface area contributed by atoms with Crippen LogP contribution in [0.3, 0.4) is 0 Å². The number of fused-ring (bicyclic) bond motifs is 4. The summed E-state index contributed by atoms with van der Waals surface area (Å²) < 4.78 is 1.90. The van der Waals surface area contributed by atoms with Crippen molar-refractivity contribution in [3.05, 3.63) is 52.8 Å². The van der Waals surface area contributed by atoms with Crippen molar-refractivity contribution in [1.82, 2.24) is 19.7 Å². The van der Waals surface area contributed by atoms with Gasteiger partial charge >= 0.3 is 6.03 Å². The van der Waals surface area contributed by atoms with Gasteiger partial charge in [-0.05, 0) is 12.0 Å². The Kier molecular flexibility index (Phi) is 3.34. The van der Waals surface area contributed by atoms with Crippen LogP contribution in [0, 0.1) is 0 Å². The zero-order chi connectivity index (χ0) is 16.0. The van der Waals surface area contributed by atoms with Crippen molar-refractivity contribution in [3.8, 4) is 0 Å². The third kappa shape index (κ3) is 2.21. The zero-order valence-electron chi connectivity index (χ0n) is 13.4. The standard InChI is InChI=1S/C17H20N4O2/c1-3-13-16-14(19(2)18-13)9-20-10-15(16)21(17(20)22)23-11-12-7-5-4-6-8-12/h4-8,15H,3,9-11H2,1-2H3. The van der Waals surface area contributed by atoms with Crippen LogP contribution in [0.5, 0.6) is 0 Å². The van der Waals surface area contributed by atoms with E-state index >= 15 is 0 Å². The summed E-state index contributed by atoms with van der Waals surface area (Å²) in [5.41, 5.74) is 4.41. The summed E-state index contributed by atoms with van der Waals surface area (Å²) in [4.78, 5) is 20.3. The molecule has 4 rings (SSSR count). The first kappa shape index (κ1) is 14.3. The predicted molar refractivity (Wildman–Crippen MR) is 84.2 cm³/mol. The van der Waals surface area contributed by atoms with E-state index in [9.17, 15) is 4.79 Å². The summed E-state index contributed by atoms with van der Waals surface area (Å²) in [7, 11) is 1.95. The van der Waals surface area contributed by atoms with Gasteiger partial charge in [0.1, 0.15) is 12.6 Å². The lowest BCUT2D eigenvalue weighted by Gasteiger charge is -2.24. The van der Waals surface area contributed by atoms with Gasteiger partial charge in [-0.1, -0.05) is 37.3 Å². The second kappa shape index (κ2) is 5.38. The number of hydrogen-bond donors (Lipinski definition) is 0. The molecule has 120 valence electrons. The van der Waals surface area contributed by atoms with E-state index in [4.69, 9.17) is 4.84 Å². The number of hydrogen-bond acceptors (Lipinski definition) is 3. The van der Waals surface area contributed by atoms with E-state index in [0.29, 0.717) is 19.7 Å². The number of rotatable bonds is 4. The maximum absolute atomic E-state index is 12.6. The van der Waals surface area contributed by atoms with Crippen LogP contribution in [-0.4, -0.2) is 32.3 Å². The monoisotopic (exact) mass is 312 g/mol. The van der Waals surface area contributed by atoms with Gasteiger partial charge < -0.3 is 4.90 Å². The molecule has 2 aliphatic heterocycles. The summed E-state index contributed by atoms with van der Waals surface area (Å²) in [6.45, 7) is 3.79. The van der Waals surface area contributed by atoms with Crippen LogP contribution in [0.15, 0.2) is 30.3 Å². The number of aromatic nitrogens is 2. The minimum Gasteiger partial charge on any atom is -0.314 e. The van der Waals surface area contributed by atoms with E-state index in [-0.39, 0.29) is 12.1 Å². The highest BCUT2D eigenvalue weighted by Gasteiger charge is 2.46. The van der Waals surface area contributed by atoms with Gasteiger partial charge in [0.2, 0.25) is 0 Å². The summed E-state index contributed by atoms with van der Waals surface area (Å²) >= 11 is 0. The first-order valence-electron chi connectivity index (χ1n) is 7.98. The number of benzene rings is 1. The summed E-state index contributed by atoms with van der Waals surface area (Å²) in [6, 6.07) is 9.81. The van der Waals surface area contributed by atoms with Crippen molar-refractivity contribution in [2.45, 2.75) is 32.5 Å². The van der Waals surface area contributed by atoms with Crippen molar-refractivity contribution in [2.24, 2.45) is 7.05 Å². The molecule has 0 N–H and O–H groups in total. The molecule has 0 spiro atoms. The fraction of sp³-hybridized carbons (Fsp3) is 0.412. The number of carbonyl (C=O) groups is 1. The molecule has 1 aromatic carbocycles. The molecular weight excluding hydrogens is 292 g/mol. The number of urea groups is 1. The van der Waals surface area contributed by atoms with E-state index in [1.807, 2.05) is 47.0 Å². The van der Waals surface area contributed by atoms with Crippen molar-refractivity contribution < 1.29 is 9.63 Å². The smallest absolute Gasteiger partial charge is 0.314 e. The largest absolute Gasteiger partial charge is 0.345 e. The molecule has 2 amide bonds. The van der Waals surface area contributed by atoms with Crippen molar-refractivity contribution in [3.63, 3.8) is 0 Å². The fourth-order valence-electron chi connectivity index (χ4n) is 3.49. The lowest BCUT2D eigenvalue weighted by molar-refractivity contribution is -0.141. The highest BCUT2D eigenvalue weighted by atomic mass is 16.7. The van der Waals surface area contributed by atoms with Gasteiger partial charge in [-0.25, -0.2) is 4.79 Å². The first-order valence-corrected chi connectivity index (χ1v) is 7.98. The third-order valence-corrected chi connectivity index (χ3v) is 4.64. The normalized spacial score (nSPS) is 19.4. The molecule has 2 aromatic rings. The van der Waals surface area contributed by atoms with Gasteiger partial charge in [0, 0.05) is 12.6 Å². The molecule has 0 aliphatic carbocycles. The molecule has 3 heterocycles. The Bertz CT molecular complexity index is 741. The van der Waals surface area contributed by atoms with Gasteiger partial charge in [0.05, 0.1) is 24.5 Å². The molecule has 2 bridgehead atoms. The van der Waals surface area contributed by atoms with Crippen LogP contribution in [0.2, 0.25) is 0 Å². The van der Waals surface area contributed by atoms with Crippen molar-refractivity contribution in [1.29, 1.82) is 0 Å². The van der Waals surface area contributed by atoms with Crippen molar-refractivity contribution >= 4 is 6.03 Å². The minimum absolute atomic E-state index is 0.0517. The average Bonchev–Trinajstić information content (AvgIpc) is 3.03. The van der Waals surface area contributed by atoms with Crippen molar-refractivity contribution in [2.75, 3.05) is 6.54 Å². The van der Waals surface area contributed by atoms with Crippen LogP contribution in [0.25, 0.3) is 0 Å². The molecule has 6 nitrogen and oxygen atoms in total. The molecular formula is C17H20N4O2. The maximum atomic E-state index is 12.6. The number of aryl methyl sites for hydroxylation is 2. The highest BCUT2D eigenvalue weighted by Crippen LogP contribution is 2.39. The Labute approximate surface area is 135 Å². The molecule has 2 aliphatic rings. The molecule has 0 radical (unpaired) electrons. The van der Waals surface area contributed by atoms with Crippen LogP contribution in [0.1, 0.15) is 35.5 Å². The number of nitrogens with zero attached hydrogens (tertiary/aromatic N) is 4. The molecule has 1 fully saturated rings. The van der Waals surface area contributed by atoms with Gasteiger partial charge in [0.25, 0.3) is 0 Å². The van der Waals surface area contributed by atoms with Crippen LogP contribution in [-0.2, 0) is 31.5 Å². The van der Waals surface area contributed by atoms with Crippen LogP contribution >= 0.6 is 0 Å². The third-order valence-electron chi connectivity index (χ3n) is 4.64. The fourth-order valence-corrected chi connectivity index (χ4v) is 3.49. The van der Waals surface area contributed by atoms with Gasteiger partial charge in [-0.2, -0.15) is 10.2 Å². The van der Waals surface area contributed by atoms with Gasteiger partial charge in [-0.3, -0.25) is 9.52 Å². The highest BCUT2D eigenvalue weighted by molar-refractivity contribution is 5.77. The predicted octanol–water partition coefficient (Wildman–Crippen LogP) is 2.41. The summed E-state index contributed by atoms with van der Waals surface area (Å²) in [5.74, 6) is 0. The van der Waals surface area contributed by atoms with Crippen LogP contribution in [0.4, 0.5) is 4.79 Å². The van der Waals surface area contributed by atoms with Gasteiger partial charge in [-0.15, -0.1) is 0 Å². The summed E-state index contributed by atoms with van der Waals surface area (Å²) in [6.07, 6.45) is 0.861. The topological polar surface area (TPSA) is 50.6 Å². The van der Waals surface area contributed by atoms with E-state index in [2.05, 4.69) is 12.0 Å². The Hall–Kier alpha value is -2.34. The van der Waals surface area contributed by atoms with E-state index in [1.54, 1.807) is 5.06 Å². The average molecular weight is 312 g/mol. The Morgan fingerprint density at radius 2 is 2.09 bits per heavy atom. The minimum atomic E-state index is -0.0568. The van der Waals surface area contributed by atoms with E-state index < -0.39 is 0 Å². The Morgan fingerprint density at radius 1 is 1.30 bits per heavy atom. The zero-order valence-corrected chi connectivity index (χ0v) is 13.4. The molecule has 23 heavy (non-hydrogen) atoms. The molecule has 1 unspecified atom stereocenters. The van der Waals surface area contributed by atoms with Gasteiger partial charge in [0.15, 0.2) is 0 Å². The Balaban J connectivity index is 1.62. The molecule has 1 aromatic heterocycles. The Morgan fingerprint density at radius 3 is 2.83 bits per heavy atom. The maximum Gasteiger partial charge on any atom is 0.345 e. The quantitative estimate of drug-likeness (QED) is 0.871. The second-order valence-electron chi connectivity index (χ2n) is 6.05. The van der Waals surface area contributed by atoms with Crippen LogP contribution < -0.4 is 0 Å².